The second-order valence-electron chi connectivity index (χ2n) is 14.2. The standard InChI is InChI=1S/C24H81O12Si16/c1-20-21-49(34-46(14,15)22(2)50(25-37-5,26-38-6)27-39-7,35-47(16,17)23(3)51(28-40-8,29-41-9)30-42-10)36-48(18,19)24(4)52(31-43-11,32-44-12)33-45-13/h21-24H,20,37-45H2,1-19H3. The highest BCUT2D eigenvalue weighted by molar-refractivity contribution is 7.01. The molecule has 0 aliphatic heterocycles. The predicted octanol–water partition coefficient (Wildman–Crippen LogP) is 0.685. The molecule has 0 heterocycles. The lowest BCUT2D eigenvalue weighted by Gasteiger charge is -2.51. The molecule has 313 valence electrons. The van der Waals surface area contributed by atoms with Gasteiger partial charge in [-0.25, -0.2) is 0 Å². The summed E-state index contributed by atoms with van der Waals surface area (Å²) in [4.78, 5) is 0. The Morgan fingerprint density at radius 3 is 0.692 bits per heavy atom. The van der Waals surface area contributed by atoms with Gasteiger partial charge in [-0.2, -0.15) is 0 Å². The monoisotopic (exact) mass is 1010 g/mol. The first-order valence-electron chi connectivity index (χ1n) is 19.9. The largest absolute Gasteiger partial charge is 0.473 e. The van der Waals surface area contributed by atoms with E-state index in [0.29, 0.717) is 0 Å². The Balaban J connectivity index is 7.78. The molecule has 0 saturated heterocycles. The van der Waals surface area contributed by atoms with E-state index in [1.807, 2.05) is 0 Å². The summed E-state index contributed by atoms with van der Waals surface area (Å²) >= 11 is 0. The SMILES string of the molecule is CC[CH][Si](O[Si](C)(C)C(C)[Si](O[SiH2]C)(O[SiH2]C)O[SiH2]C)(O[Si](C)(C)C(C)[Si](O[SiH2]C)(O[SiH2]C)O[SiH2]C)O[Si](C)(C)C(C)[Si](O[SiH2]C)(O[SiH2]C)O[SiH2]C. The van der Waals surface area contributed by atoms with Crippen LogP contribution in [-0.4, -0.2) is 148 Å². The van der Waals surface area contributed by atoms with Crippen LogP contribution in [0.5, 0.6) is 0 Å². The summed E-state index contributed by atoms with van der Waals surface area (Å²) in [6.45, 7) is 42.2. The van der Waals surface area contributed by atoms with E-state index in [-0.39, 0.29) is 15.5 Å². The van der Waals surface area contributed by atoms with Crippen LogP contribution in [-0.2, 0) is 49.4 Å². The molecular formula is C24H81O12Si16. The van der Waals surface area contributed by atoms with Crippen molar-refractivity contribution in [2.24, 2.45) is 0 Å². The maximum absolute atomic E-state index is 7.76. The summed E-state index contributed by atoms with van der Waals surface area (Å²) in [6.07, 6.45) is 0.746. The van der Waals surface area contributed by atoms with Gasteiger partial charge in [0.1, 0.15) is 87.9 Å². The van der Waals surface area contributed by atoms with E-state index in [1.165, 1.54) is 0 Å². The molecule has 0 aromatic rings. The van der Waals surface area contributed by atoms with Crippen LogP contribution in [0.4, 0.5) is 0 Å². The number of hydrogen-bond acceptors (Lipinski definition) is 12. The molecule has 1 radical (unpaired) electrons. The molecule has 3 atom stereocenters. The van der Waals surface area contributed by atoms with Gasteiger partial charge in [-0.05, 0) is 45.7 Å². The van der Waals surface area contributed by atoms with Gasteiger partial charge in [-0.1, -0.05) is 86.6 Å². The Morgan fingerprint density at radius 1 is 0.385 bits per heavy atom. The number of hydrogen-bond donors (Lipinski definition) is 0. The third-order valence-electron chi connectivity index (χ3n) is 9.50. The highest BCUT2D eigenvalue weighted by atomic mass is 28.5. The zero-order valence-electron chi connectivity index (χ0n) is 36.8. The van der Waals surface area contributed by atoms with Crippen molar-refractivity contribution in [3.63, 3.8) is 0 Å². The van der Waals surface area contributed by atoms with Crippen LogP contribution in [0.1, 0.15) is 34.1 Å². The fourth-order valence-electron chi connectivity index (χ4n) is 6.39. The van der Waals surface area contributed by atoms with Crippen LogP contribution in [0, 0.1) is 6.04 Å². The summed E-state index contributed by atoms with van der Waals surface area (Å²) in [6, 6.07) is 2.26. The van der Waals surface area contributed by atoms with Crippen molar-refractivity contribution in [2.75, 3.05) is 0 Å². The van der Waals surface area contributed by atoms with Crippen molar-refractivity contribution in [3.05, 3.63) is 6.04 Å². The molecule has 28 heteroatoms. The molecule has 12 nitrogen and oxygen atoms in total. The summed E-state index contributed by atoms with van der Waals surface area (Å²) in [5, 5.41) is -0.00121. The molecule has 0 bridgehead atoms. The molecule has 0 spiro atoms. The third-order valence-corrected chi connectivity index (χ3v) is 63.9. The zero-order chi connectivity index (χ0) is 40.5. The van der Waals surface area contributed by atoms with E-state index in [9.17, 15) is 0 Å². The van der Waals surface area contributed by atoms with E-state index in [4.69, 9.17) is 49.4 Å². The molecule has 0 saturated carbocycles. The molecule has 52 heavy (non-hydrogen) atoms. The van der Waals surface area contributed by atoms with E-state index in [2.05, 4.69) is 132 Å². The summed E-state index contributed by atoms with van der Waals surface area (Å²) in [7, 11) is -27.9. The predicted molar refractivity (Wildman–Crippen MR) is 261 cm³/mol. The van der Waals surface area contributed by atoms with Crippen LogP contribution in [0.3, 0.4) is 0 Å². The fourth-order valence-corrected chi connectivity index (χ4v) is 72.2. The third kappa shape index (κ3) is 15.2. The van der Waals surface area contributed by atoms with Gasteiger partial charge in [0.2, 0.25) is 0 Å². The molecule has 0 N–H and O–H groups in total. The lowest BCUT2D eigenvalue weighted by atomic mass is 10.6. The summed E-state index contributed by atoms with van der Waals surface area (Å²) in [5.41, 5.74) is 0. The van der Waals surface area contributed by atoms with Crippen molar-refractivity contribution >= 4 is 148 Å². The first kappa shape index (κ1) is 55.0. The molecule has 0 aliphatic carbocycles. The van der Waals surface area contributed by atoms with E-state index in [1.54, 1.807) is 0 Å². The van der Waals surface area contributed by atoms with Gasteiger partial charge < -0.3 is 49.4 Å². The van der Waals surface area contributed by atoms with Crippen LogP contribution in [0.15, 0.2) is 0 Å². The van der Waals surface area contributed by atoms with Gasteiger partial charge in [0.05, 0.1) is 0 Å². The highest BCUT2D eigenvalue weighted by Crippen LogP contribution is 2.44. The molecule has 3 unspecified atom stereocenters. The second kappa shape index (κ2) is 25.6. The summed E-state index contributed by atoms with van der Waals surface area (Å²) < 4.78 is 83.5. The Labute approximate surface area is 348 Å². The Morgan fingerprint density at radius 2 is 0.558 bits per heavy atom. The van der Waals surface area contributed by atoms with E-state index >= 15 is 0 Å². The van der Waals surface area contributed by atoms with Crippen molar-refractivity contribution in [3.8, 4) is 0 Å². The average molecular weight is 1010 g/mol. The topological polar surface area (TPSA) is 111 Å². The van der Waals surface area contributed by atoms with Crippen molar-refractivity contribution in [1.29, 1.82) is 0 Å². The van der Waals surface area contributed by atoms with Crippen molar-refractivity contribution in [2.45, 2.75) is 148 Å². The van der Waals surface area contributed by atoms with Gasteiger partial charge in [-0.15, -0.1) is 0 Å². The van der Waals surface area contributed by atoms with Gasteiger partial charge in [0, 0.05) is 21.5 Å². The fraction of sp³-hybridized carbons (Fsp3) is 0.958. The Bertz CT molecular complexity index is 815. The summed E-state index contributed by atoms with van der Waals surface area (Å²) in [5.74, 6) is 0. The maximum Gasteiger partial charge on any atom is 0.473 e. The van der Waals surface area contributed by atoms with Crippen LogP contribution < -0.4 is 0 Å². The molecule has 0 fully saturated rings. The van der Waals surface area contributed by atoms with Crippen molar-refractivity contribution in [1.82, 2.24) is 0 Å². The second-order valence-corrected chi connectivity index (χ2v) is 54.0. The molecular weight excluding hydrogens is 930 g/mol. The first-order chi connectivity index (χ1) is 24.2. The lowest BCUT2D eigenvalue weighted by Crippen LogP contribution is -2.70. The minimum atomic E-state index is -3.60. The van der Waals surface area contributed by atoms with Gasteiger partial charge in [0.15, 0.2) is 25.0 Å². The first-order valence-corrected chi connectivity index (χ1v) is 54.0. The van der Waals surface area contributed by atoms with Crippen LogP contribution in [0.25, 0.3) is 0 Å². The van der Waals surface area contributed by atoms with Gasteiger partial charge >= 0.3 is 35.2 Å². The van der Waals surface area contributed by atoms with E-state index < -0.39 is 148 Å². The van der Waals surface area contributed by atoms with Gasteiger partial charge in [-0.3, -0.25) is 0 Å². The van der Waals surface area contributed by atoms with Crippen LogP contribution >= 0.6 is 0 Å². The van der Waals surface area contributed by atoms with E-state index in [0.717, 1.165) is 6.42 Å². The molecule has 0 aliphatic rings. The molecule has 0 aromatic heterocycles. The van der Waals surface area contributed by atoms with Crippen molar-refractivity contribution < 1.29 is 49.4 Å². The molecule has 0 rings (SSSR count). The Kier molecular flexibility index (Phi) is 27.0. The Hall–Kier alpha value is 2.99. The maximum atomic E-state index is 7.76. The highest BCUT2D eigenvalue weighted by Gasteiger charge is 2.64. The molecule has 0 aromatic carbocycles. The lowest BCUT2D eigenvalue weighted by molar-refractivity contribution is 0.235. The van der Waals surface area contributed by atoms with Crippen LogP contribution in [0.2, 0.25) is 114 Å². The van der Waals surface area contributed by atoms with Gasteiger partial charge in [0.25, 0.3) is 0 Å². The zero-order valence-corrected chi connectivity index (χ0v) is 56.5. The normalized spacial score (nSPS) is 21.8. The molecule has 0 amide bonds. The number of rotatable bonds is 32. The minimum Gasteiger partial charge on any atom is -0.422 e. The average Bonchev–Trinajstić information content (AvgIpc) is 3.04. The quantitative estimate of drug-likeness (QED) is 0.0886. The smallest absolute Gasteiger partial charge is 0.422 e. The minimum absolute atomic E-state index is 0.000402.